The van der Waals surface area contributed by atoms with E-state index in [0.717, 1.165) is 18.4 Å². The number of ketones is 2. The second-order valence-corrected chi connectivity index (χ2v) is 12.4. The molecule has 1 aromatic carbocycles. The van der Waals surface area contributed by atoms with Crippen molar-refractivity contribution in [3.63, 3.8) is 0 Å². The Morgan fingerprint density at radius 2 is 1.86 bits per heavy atom. The average Bonchev–Trinajstić information content (AvgIpc) is 3.45. The minimum absolute atomic E-state index is 0.0594. The Labute approximate surface area is 249 Å². The Morgan fingerprint density at radius 3 is 2.56 bits per heavy atom. The molecule has 0 radical (unpaired) electrons. The van der Waals surface area contributed by atoms with Crippen LogP contribution in [0.2, 0.25) is 0 Å². The van der Waals surface area contributed by atoms with Crippen LogP contribution in [0, 0.1) is 17.3 Å². The summed E-state index contributed by atoms with van der Waals surface area (Å²) in [5.74, 6) is -2.68. The van der Waals surface area contributed by atoms with Crippen LogP contribution in [0.1, 0.15) is 59.7 Å². The number of hydrogen-bond acceptors (Lipinski definition) is 11. The molecule has 43 heavy (non-hydrogen) atoms. The maximum Gasteiger partial charge on any atom is 0.229 e. The van der Waals surface area contributed by atoms with E-state index in [9.17, 15) is 35.1 Å². The molecular formula is C32H38N2O9. The predicted molar refractivity (Wildman–Crippen MR) is 154 cm³/mol. The van der Waals surface area contributed by atoms with Crippen LogP contribution in [0.5, 0.6) is 5.75 Å². The molecule has 0 amide bonds. The first-order valence-electron chi connectivity index (χ1n) is 14.7. The molecule has 8 N–H and O–H groups in total. The fraction of sp³-hybridized carbons (Fsp3) is 0.500. The molecule has 1 aromatic rings. The average molecular weight is 595 g/mol. The number of hydrogen-bond donors (Lipinski definition) is 7. The molecule has 0 bridgehead atoms. The van der Waals surface area contributed by atoms with Gasteiger partial charge in [0.15, 0.2) is 11.6 Å². The standard InChI is InChI=1S/C32H38N2O9/c1-16-11-19-24(20(36)12-16)27(38)25-18(26(19)37)5-4-6-21(25)42-30-29(40)32(41,28(39)22(14-35)43-30)15-31(8-2-3-9-31)17-7-10-34-23(33)13-17/h4-7,11-13,19,22,24,28-30,34-36,39-41H,2-3,8-10,14-15,33H2,1H3/t19-,22+,24-,28+,29-,30+,32-/m0/s1. The van der Waals surface area contributed by atoms with E-state index in [2.05, 4.69) is 5.32 Å². The van der Waals surface area contributed by atoms with Crippen LogP contribution in [0.25, 0.3) is 0 Å². The summed E-state index contributed by atoms with van der Waals surface area (Å²) in [6, 6.07) is 4.47. The predicted octanol–water partition coefficient (Wildman–Crippen LogP) is 1.53. The summed E-state index contributed by atoms with van der Waals surface area (Å²) in [7, 11) is 0. The Bertz CT molecular complexity index is 1460. The summed E-state index contributed by atoms with van der Waals surface area (Å²) < 4.78 is 11.8. The number of aliphatic hydroxyl groups is 5. The quantitative estimate of drug-likeness (QED) is 0.253. The van der Waals surface area contributed by atoms with E-state index in [4.69, 9.17) is 15.2 Å². The minimum Gasteiger partial charge on any atom is -0.511 e. The highest BCUT2D eigenvalue weighted by Gasteiger charge is 2.59. The second kappa shape index (κ2) is 10.9. The van der Waals surface area contributed by atoms with Crippen LogP contribution < -0.4 is 15.8 Å². The summed E-state index contributed by atoms with van der Waals surface area (Å²) in [6.07, 6.45) is 3.57. The van der Waals surface area contributed by atoms with Gasteiger partial charge in [-0.25, -0.2) is 0 Å². The highest BCUT2D eigenvalue weighted by atomic mass is 16.7. The molecular weight excluding hydrogens is 556 g/mol. The second-order valence-electron chi connectivity index (χ2n) is 12.4. The summed E-state index contributed by atoms with van der Waals surface area (Å²) in [4.78, 5) is 27.2. The number of Topliss-reactive ketones (excluding diaryl/α,β-unsaturated/α-hetero) is 2. The first kappa shape index (κ1) is 29.6. The third-order valence-electron chi connectivity index (χ3n) is 9.72. The highest BCUT2D eigenvalue weighted by molar-refractivity contribution is 6.19. The van der Waals surface area contributed by atoms with Crippen molar-refractivity contribution in [2.45, 2.75) is 69.2 Å². The number of carbonyl (C=O) groups excluding carboxylic acids is 2. The summed E-state index contributed by atoms with van der Waals surface area (Å²) >= 11 is 0. The molecule has 1 saturated carbocycles. The van der Waals surface area contributed by atoms with E-state index in [1.165, 1.54) is 24.3 Å². The molecule has 0 unspecified atom stereocenters. The summed E-state index contributed by atoms with van der Waals surface area (Å²) in [6.45, 7) is 1.56. The van der Waals surface area contributed by atoms with Gasteiger partial charge in [0.05, 0.1) is 29.8 Å². The van der Waals surface area contributed by atoms with Gasteiger partial charge in [-0.05, 0) is 55.4 Å². The molecule has 6 rings (SSSR count). The molecule has 1 saturated heterocycles. The molecule has 230 valence electrons. The normalized spacial score (nSPS) is 35.1. The fourth-order valence-corrected chi connectivity index (χ4v) is 7.59. The van der Waals surface area contributed by atoms with Gasteiger partial charge < -0.3 is 46.1 Å². The van der Waals surface area contributed by atoms with Gasteiger partial charge in [-0.15, -0.1) is 0 Å². The van der Waals surface area contributed by atoms with Crippen LogP contribution in [0.15, 0.2) is 65.2 Å². The van der Waals surface area contributed by atoms with Crippen molar-refractivity contribution in [1.82, 2.24) is 5.32 Å². The van der Waals surface area contributed by atoms with Crippen LogP contribution in [0.4, 0.5) is 0 Å². The van der Waals surface area contributed by atoms with E-state index in [-0.39, 0.29) is 34.8 Å². The summed E-state index contributed by atoms with van der Waals surface area (Å²) in [5, 5.41) is 58.7. The number of ether oxygens (including phenoxy) is 2. The fourth-order valence-electron chi connectivity index (χ4n) is 7.59. The summed E-state index contributed by atoms with van der Waals surface area (Å²) in [5.41, 5.74) is 4.88. The zero-order valence-electron chi connectivity index (χ0n) is 23.9. The van der Waals surface area contributed by atoms with Gasteiger partial charge in [-0.1, -0.05) is 42.7 Å². The first-order chi connectivity index (χ1) is 20.5. The van der Waals surface area contributed by atoms with Crippen molar-refractivity contribution in [2.75, 3.05) is 13.2 Å². The molecule has 2 heterocycles. The SMILES string of the molecule is CC1=C[C@@H]2C(=O)c3cccc(O[C@@H]4O[C@H](CO)[C@@H](O)[C@@](O)(CC5(C6=CCNC(N)=C6)CCCC5)[C@H]4O)c3C(=O)[C@@H]2C(O)=C1. The number of aliphatic hydroxyl groups excluding tert-OH is 4. The lowest BCUT2D eigenvalue weighted by atomic mass is 9.66. The molecule has 0 spiro atoms. The van der Waals surface area contributed by atoms with Crippen molar-refractivity contribution in [1.29, 1.82) is 0 Å². The number of benzene rings is 1. The lowest BCUT2D eigenvalue weighted by Gasteiger charge is -2.51. The molecule has 5 aliphatic rings. The van der Waals surface area contributed by atoms with E-state index in [0.29, 0.717) is 30.8 Å². The largest absolute Gasteiger partial charge is 0.511 e. The van der Waals surface area contributed by atoms with Crippen molar-refractivity contribution < 1.29 is 44.6 Å². The maximum absolute atomic E-state index is 13.7. The van der Waals surface area contributed by atoms with Gasteiger partial charge in [-0.2, -0.15) is 0 Å². The van der Waals surface area contributed by atoms with Crippen LogP contribution in [-0.2, 0) is 4.74 Å². The molecule has 7 atom stereocenters. The minimum atomic E-state index is -2.18. The van der Waals surface area contributed by atoms with Gasteiger partial charge in [0.1, 0.15) is 35.4 Å². The van der Waals surface area contributed by atoms with E-state index in [1.807, 2.05) is 12.2 Å². The van der Waals surface area contributed by atoms with E-state index < -0.39 is 59.8 Å². The Balaban J connectivity index is 1.35. The van der Waals surface area contributed by atoms with Gasteiger partial charge in [0.2, 0.25) is 6.29 Å². The third-order valence-corrected chi connectivity index (χ3v) is 9.72. The zero-order chi connectivity index (χ0) is 30.7. The molecule has 11 heteroatoms. The molecule has 3 aliphatic carbocycles. The zero-order valence-corrected chi connectivity index (χ0v) is 23.9. The number of allylic oxidation sites excluding steroid dienone is 6. The van der Waals surface area contributed by atoms with Crippen LogP contribution in [-0.4, -0.2) is 80.5 Å². The van der Waals surface area contributed by atoms with Gasteiger partial charge in [0, 0.05) is 12.1 Å². The number of rotatable bonds is 6. The first-order valence-corrected chi connectivity index (χ1v) is 14.7. The number of carbonyl (C=O) groups is 2. The van der Waals surface area contributed by atoms with E-state index in [1.54, 1.807) is 13.0 Å². The monoisotopic (exact) mass is 594 g/mol. The van der Waals surface area contributed by atoms with Crippen LogP contribution >= 0.6 is 0 Å². The van der Waals surface area contributed by atoms with Crippen LogP contribution in [0.3, 0.4) is 0 Å². The van der Waals surface area contributed by atoms with Gasteiger partial charge in [0.25, 0.3) is 0 Å². The Morgan fingerprint density at radius 1 is 1.12 bits per heavy atom. The smallest absolute Gasteiger partial charge is 0.229 e. The molecule has 2 aliphatic heterocycles. The molecule has 2 fully saturated rings. The maximum atomic E-state index is 13.7. The number of fused-ring (bicyclic) bond motifs is 2. The number of dihydropyridines is 1. The topological polar surface area (TPSA) is 192 Å². The van der Waals surface area contributed by atoms with Gasteiger partial charge >= 0.3 is 0 Å². The van der Waals surface area contributed by atoms with Crippen molar-refractivity contribution in [3.8, 4) is 5.75 Å². The van der Waals surface area contributed by atoms with Crippen molar-refractivity contribution in [3.05, 3.63) is 76.4 Å². The molecule has 0 aromatic heterocycles. The third kappa shape index (κ3) is 4.79. The lowest BCUT2D eigenvalue weighted by molar-refractivity contribution is -0.319. The number of nitrogens with two attached hydrogens (primary N) is 1. The van der Waals surface area contributed by atoms with Crippen molar-refractivity contribution >= 4 is 11.6 Å². The Kier molecular flexibility index (Phi) is 7.50. The molecule has 11 nitrogen and oxygen atoms in total. The Hall–Kier alpha value is -3.48. The number of nitrogens with one attached hydrogen (secondary N) is 1. The van der Waals surface area contributed by atoms with Crippen molar-refractivity contribution in [2.24, 2.45) is 23.0 Å². The highest BCUT2D eigenvalue weighted by Crippen LogP contribution is 2.53. The van der Waals surface area contributed by atoms with E-state index >= 15 is 0 Å². The van der Waals surface area contributed by atoms with Gasteiger partial charge in [-0.3, -0.25) is 9.59 Å². The lowest BCUT2D eigenvalue weighted by Crippen LogP contribution is -2.69.